The van der Waals surface area contributed by atoms with E-state index >= 15 is 0 Å². The third-order valence-corrected chi connectivity index (χ3v) is 4.17. The number of aryl methyl sites for hydroxylation is 1. The van der Waals surface area contributed by atoms with Crippen LogP contribution in [-0.4, -0.2) is 26.8 Å². The Morgan fingerprint density at radius 1 is 1.44 bits per heavy atom. The van der Waals surface area contributed by atoms with Gasteiger partial charge in [0.1, 0.15) is 10.6 Å². The Kier molecular flexibility index (Phi) is 4.72. The zero-order chi connectivity index (χ0) is 13.9. The summed E-state index contributed by atoms with van der Waals surface area (Å²) in [6.07, 6.45) is 0. The van der Waals surface area contributed by atoms with Crippen molar-refractivity contribution >= 4 is 26.9 Å². The highest BCUT2D eigenvalue weighted by Crippen LogP contribution is 2.24. The van der Waals surface area contributed by atoms with Crippen LogP contribution in [0.5, 0.6) is 5.75 Å². The first kappa shape index (κ1) is 14.9. The van der Waals surface area contributed by atoms with Gasteiger partial charge in [-0.25, -0.2) is 8.42 Å². The van der Waals surface area contributed by atoms with Crippen LogP contribution in [0.15, 0.2) is 23.1 Å². The zero-order valence-corrected chi connectivity index (χ0v) is 11.8. The van der Waals surface area contributed by atoms with Crippen LogP contribution < -0.4 is 9.46 Å². The van der Waals surface area contributed by atoms with Crippen LogP contribution in [0, 0.1) is 6.92 Å². The number of methoxy groups -OCH3 is 1. The van der Waals surface area contributed by atoms with E-state index in [1.165, 1.54) is 20.1 Å². The molecule has 1 rings (SSSR count). The first-order chi connectivity index (χ1) is 8.27. The van der Waals surface area contributed by atoms with Crippen LogP contribution in [0.4, 0.5) is 0 Å². The number of hydrogen-bond donors (Lipinski definition) is 1. The van der Waals surface area contributed by atoms with E-state index in [0.717, 1.165) is 5.56 Å². The Balaban J connectivity index is 3.19. The first-order valence-corrected chi connectivity index (χ1v) is 7.00. The summed E-state index contributed by atoms with van der Waals surface area (Å²) >= 11 is 5.23. The fourth-order valence-corrected chi connectivity index (χ4v) is 2.91. The number of carbonyl (C=O) groups excluding carboxylic acids is 1. The number of halogens is 1. The lowest BCUT2D eigenvalue weighted by molar-refractivity contribution is -0.112. The van der Waals surface area contributed by atoms with Gasteiger partial charge in [-0.3, -0.25) is 4.79 Å². The molecular weight excluding hydrogens is 278 g/mol. The van der Waals surface area contributed by atoms with Crippen molar-refractivity contribution < 1.29 is 17.9 Å². The molecule has 0 saturated heterocycles. The van der Waals surface area contributed by atoms with Crippen LogP contribution >= 0.6 is 11.6 Å². The Morgan fingerprint density at radius 3 is 2.56 bits per heavy atom. The average molecular weight is 292 g/mol. The van der Waals surface area contributed by atoms with Gasteiger partial charge < -0.3 is 4.74 Å². The fourth-order valence-electron chi connectivity index (χ4n) is 1.34. The second kappa shape index (κ2) is 5.69. The number of nitrogens with one attached hydrogen (secondary N) is 1. The quantitative estimate of drug-likeness (QED) is 0.833. The highest BCUT2D eigenvalue weighted by Gasteiger charge is 2.24. The van der Waals surface area contributed by atoms with Gasteiger partial charge in [0.2, 0.25) is 15.3 Å². The van der Waals surface area contributed by atoms with E-state index < -0.39 is 21.3 Å². The molecule has 100 valence electrons. The van der Waals surface area contributed by atoms with Gasteiger partial charge in [-0.1, -0.05) is 6.07 Å². The smallest absolute Gasteiger partial charge is 0.244 e. The molecule has 0 aliphatic heterocycles. The maximum Gasteiger partial charge on any atom is 0.244 e. The molecule has 18 heavy (non-hydrogen) atoms. The van der Waals surface area contributed by atoms with Crippen molar-refractivity contribution in [1.29, 1.82) is 0 Å². The Labute approximate surface area is 111 Å². The lowest BCUT2D eigenvalue weighted by atomic mass is 10.2. The summed E-state index contributed by atoms with van der Waals surface area (Å²) in [7, 11) is -2.48. The number of ether oxygens (including phenoxy) is 1. The minimum Gasteiger partial charge on any atom is -0.495 e. The SMILES string of the molecule is COc1ccc(C)cc1S(=O)(=O)NC(C)C(=O)Cl. The van der Waals surface area contributed by atoms with Gasteiger partial charge in [0.25, 0.3) is 0 Å². The molecule has 0 heterocycles. The summed E-state index contributed by atoms with van der Waals surface area (Å²) in [6, 6.07) is 3.75. The molecule has 1 atom stereocenters. The van der Waals surface area contributed by atoms with Gasteiger partial charge in [-0.05, 0) is 43.1 Å². The van der Waals surface area contributed by atoms with Crippen molar-refractivity contribution in [3.8, 4) is 5.75 Å². The summed E-state index contributed by atoms with van der Waals surface area (Å²) in [5, 5.41) is -0.773. The number of sulfonamides is 1. The normalized spacial score (nSPS) is 13.1. The number of carbonyl (C=O) groups is 1. The molecule has 0 bridgehead atoms. The molecule has 5 nitrogen and oxygen atoms in total. The van der Waals surface area contributed by atoms with E-state index in [4.69, 9.17) is 16.3 Å². The predicted octanol–water partition coefficient (Wildman–Crippen LogP) is 1.44. The van der Waals surface area contributed by atoms with Gasteiger partial charge in [-0.15, -0.1) is 0 Å². The zero-order valence-electron chi connectivity index (χ0n) is 10.2. The molecule has 0 radical (unpaired) electrons. The second-order valence-corrected chi connectivity index (χ2v) is 5.86. The molecule has 0 saturated carbocycles. The van der Waals surface area contributed by atoms with Crippen LogP contribution in [0.3, 0.4) is 0 Å². The standard InChI is InChI=1S/C11H14ClNO4S/c1-7-4-5-9(17-3)10(6-7)18(15,16)13-8(2)11(12)14/h4-6,8,13H,1-3H3. The van der Waals surface area contributed by atoms with E-state index in [1.807, 2.05) is 0 Å². The van der Waals surface area contributed by atoms with Crippen LogP contribution in [0.2, 0.25) is 0 Å². The van der Waals surface area contributed by atoms with Crippen LogP contribution in [-0.2, 0) is 14.8 Å². The van der Waals surface area contributed by atoms with Crippen LogP contribution in [0.25, 0.3) is 0 Å². The Hall–Kier alpha value is -1.11. The van der Waals surface area contributed by atoms with E-state index in [9.17, 15) is 13.2 Å². The maximum absolute atomic E-state index is 12.1. The highest BCUT2D eigenvalue weighted by molar-refractivity contribution is 7.89. The van der Waals surface area contributed by atoms with Crippen molar-refractivity contribution in [1.82, 2.24) is 4.72 Å². The summed E-state index contributed by atoms with van der Waals surface area (Å²) in [5.41, 5.74) is 0.765. The summed E-state index contributed by atoms with van der Waals surface area (Å²) in [5.74, 6) is 0.210. The largest absolute Gasteiger partial charge is 0.495 e. The minimum absolute atomic E-state index is 0.0187. The molecule has 1 N–H and O–H groups in total. The lowest BCUT2D eigenvalue weighted by Gasteiger charge is -2.13. The van der Waals surface area contributed by atoms with E-state index in [2.05, 4.69) is 4.72 Å². The van der Waals surface area contributed by atoms with Crippen molar-refractivity contribution in [2.45, 2.75) is 24.8 Å². The monoisotopic (exact) mass is 291 g/mol. The molecule has 0 aliphatic rings. The predicted molar refractivity (Wildman–Crippen MR) is 68.4 cm³/mol. The highest BCUT2D eigenvalue weighted by atomic mass is 35.5. The molecule has 0 fully saturated rings. The molecule has 0 amide bonds. The Morgan fingerprint density at radius 2 is 2.06 bits per heavy atom. The van der Waals surface area contributed by atoms with Gasteiger partial charge in [0, 0.05) is 0 Å². The van der Waals surface area contributed by atoms with Crippen LogP contribution in [0.1, 0.15) is 12.5 Å². The second-order valence-electron chi connectivity index (χ2n) is 3.80. The van der Waals surface area contributed by atoms with Gasteiger partial charge >= 0.3 is 0 Å². The fraction of sp³-hybridized carbons (Fsp3) is 0.364. The van der Waals surface area contributed by atoms with Crippen molar-refractivity contribution in [2.75, 3.05) is 7.11 Å². The average Bonchev–Trinajstić information content (AvgIpc) is 2.28. The third kappa shape index (κ3) is 3.44. The number of benzene rings is 1. The summed E-state index contributed by atoms with van der Waals surface area (Å²) < 4.78 is 31.3. The molecule has 1 unspecified atom stereocenters. The van der Waals surface area contributed by atoms with E-state index in [-0.39, 0.29) is 10.6 Å². The van der Waals surface area contributed by atoms with E-state index in [0.29, 0.717) is 0 Å². The molecule has 0 aliphatic carbocycles. The molecule has 0 spiro atoms. The molecular formula is C11H14ClNO4S. The van der Waals surface area contributed by atoms with Gasteiger partial charge in [0.15, 0.2) is 0 Å². The molecule has 0 aromatic heterocycles. The lowest BCUT2D eigenvalue weighted by Crippen LogP contribution is -2.36. The molecule has 7 heteroatoms. The van der Waals surface area contributed by atoms with Gasteiger partial charge in [-0.2, -0.15) is 4.72 Å². The minimum atomic E-state index is -3.85. The summed E-state index contributed by atoms with van der Waals surface area (Å²) in [6.45, 7) is 3.13. The third-order valence-electron chi connectivity index (χ3n) is 2.28. The maximum atomic E-state index is 12.1. The van der Waals surface area contributed by atoms with Crippen molar-refractivity contribution in [3.63, 3.8) is 0 Å². The molecule has 1 aromatic carbocycles. The number of hydrogen-bond acceptors (Lipinski definition) is 4. The molecule has 1 aromatic rings. The van der Waals surface area contributed by atoms with Crippen molar-refractivity contribution in [2.24, 2.45) is 0 Å². The summed E-state index contributed by atoms with van der Waals surface area (Å²) in [4.78, 5) is 10.9. The Bertz CT molecular complexity index is 556. The number of rotatable bonds is 5. The van der Waals surface area contributed by atoms with Gasteiger partial charge in [0.05, 0.1) is 13.2 Å². The van der Waals surface area contributed by atoms with E-state index in [1.54, 1.807) is 19.1 Å². The van der Waals surface area contributed by atoms with Crippen molar-refractivity contribution in [3.05, 3.63) is 23.8 Å². The topological polar surface area (TPSA) is 72.5 Å². The first-order valence-electron chi connectivity index (χ1n) is 5.14.